The lowest BCUT2D eigenvalue weighted by Crippen LogP contribution is -2.27. The van der Waals surface area contributed by atoms with Gasteiger partial charge < -0.3 is 16.4 Å². The molecule has 0 amide bonds. The molecule has 1 aliphatic heterocycles. The summed E-state index contributed by atoms with van der Waals surface area (Å²) in [5.41, 5.74) is 10.9. The zero-order chi connectivity index (χ0) is 8.10. The Kier molecular flexibility index (Phi) is 3.83. The van der Waals surface area contributed by atoms with E-state index in [0.717, 1.165) is 25.6 Å². The molecular formula is C8H19N3. The summed E-state index contributed by atoms with van der Waals surface area (Å²) >= 11 is 0. The Morgan fingerprint density at radius 2 is 2.09 bits per heavy atom. The minimum absolute atomic E-state index is 0.787. The molecule has 1 rings (SSSR count). The highest BCUT2D eigenvalue weighted by molar-refractivity contribution is 4.75. The maximum atomic E-state index is 5.48. The molecule has 1 fully saturated rings. The fraction of sp³-hybridized carbons (Fsp3) is 1.00. The standard InChI is InChI=1S/C8H19N3/c9-3-1-8-2-5-11(7-8)6-4-10/h8H,1-7,9-10H2. The van der Waals surface area contributed by atoms with E-state index < -0.39 is 0 Å². The van der Waals surface area contributed by atoms with E-state index in [1.54, 1.807) is 0 Å². The molecule has 0 aromatic carbocycles. The highest BCUT2D eigenvalue weighted by Crippen LogP contribution is 2.17. The molecule has 3 heteroatoms. The van der Waals surface area contributed by atoms with Gasteiger partial charge in [-0.2, -0.15) is 0 Å². The molecule has 11 heavy (non-hydrogen) atoms. The molecule has 0 spiro atoms. The lowest BCUT2D eigenvalue weighted by atomic mass is 10.1. The van der Waals surface area contributed by atoms with E-state index in [-0.39, 0.29) is 0 Å². The highest BCUT2D eigenvalue weighted by Gasteiger charge is 2.20. The maximum absolute atomic E-state index is 5.48. The number of hydrogen-bond donors (Lipinski definition) is 2. The van der Waals surface area contributed by atoms with Gasteiger partial charge in [0.1, 0.15) is 0 Å². The van der Waals surface area contributed by atoms with Crippen LogP contribution in [-0.4, -0.2) is 37.6 Å². The molecule has 1 atom stereocenters. The molecule has 4 N–H and O–H groups in total. The van der Waals surface area contributed by atoms with Crippen LogP contribution in [0.1, 0.15) is 12.8 Å². The van der Waals surface area contributed by atoms with Crippen LogP contribution in [0.25, 0.3) is 0 Å². The predicted molar refractivity (Wildman–Crippen MR) is 47.3 cm³/mol. The van der Waals surface area contributed by atoms with E-state index in [2.05, 4.69) is 4.90 Å². The first-order chi connectivity index (χ1) is 5.36. The second-order valence-corrected chi connectivity index (χ2v) is 3.32. The van der Waals surface area contributed by atoms with E-state index in [4.69, 9.17) is 11.5 Å². The van der Waals surface area contributed by atoms with Crippen molar-refractivity contribution in [3.8, 4) is 0 Å². The van der Waals surface area contributed by atoms with Crippen molar-refractivity contribution in [2.75, 3.05) is 32.7 Å². The quantitative estimate of drug-likeness (QED) is 0.584. The molecule has 0 aromatic rings. The van der Waals surface area contributed by atoms with Gasteiger partial charge in [-0.1, -0.05) is 0 Å². The Morgan fingerprint density at radius 3 is 2.73 bits per heavy atom. The lowest BCUT2D eigenvalue weighted by molar-refractivity contribution is 0.330. The van der Waals surface area contributed by atoms with Crippen LogP contribution in [0.3, 0.4) is 0 Å². The smallest absolute Gasteiger partial charge is 0.0105 e. The number of nitrogens with zero attached hydrogens (tertiary/aromatic N) is 1. The van der Waals surface area contributed by atoms with E-state index in [0.29, 0.717) is 0 Å². The van der Waals surface area contributed by atoms with Gasteiger partial charge in [0.25, 0.3) is 0 Å². The molecule has 1 heterocycles. The van der Waals surface area contributed by atoms with Gasteiger partial charge in [-0.3, -0.25) is 0 Å². The highest BCUT2D eigenvalue weighted by atomic mass is 15.1. The maximum Gasteiger partial charge on any atom is 0.0105 e. The van der Waals surface area contributed by atoms with E-state index in [1.165, 1.54) is 25.9 Å². The molecule has 0 radical (unpaired) electrons. The minimum Gasteiger partial charge on any atom is -0.330 e. The largest absolute Gasteiger partial charge is 0.330 e. The minimum atomic E-state index is 0.787. The zero-order valence-corrected chi connectivity index (χ0v) is 7.13. The zero-order valence-electron chi connectivity index (χ0n) is 7.13. The Hall–Kier alpha value is -0.120. The third kappa shape index (κ3) is 2.77. The van der Waals surface area contributed by atoms with Gasteiger partial charge in [0.2, 0.25) is 0 Å². The summed E-state index contributed by atoms with van der Waals surface area (Å²) in [7, 11) is 0. The van der Waals surface area contributed by atoms with Crippen LogP contribution in [-0.2, 0) is 0 Å². The van der Waals surface area contributed by atoms with Crippen LogP contribution < -0.4 is 11.5 Å². The van der Waals surface area contributed by atoms with Crippen molar-refractivity contribution >= 4 is 0 Å². The van der Waals surface area contributed by atoms with Crippen molar-refractivity contribution in [2.24, 2.45) is 17.4 Å². The van der Waals surface area contributed by atoms with Gasteiger partial charge in [0.05, 0.1) is 0 Å². The molecular weight excluding hydrogens is 138 g/mol. The summed E-state index contributed by atoms with van der Waals surface area (Å²) in [6.45, 7) is 5.12. The number of nitrogens with two attached hydrogens (primary N) is 2. The average Bonchev–Trinajstić information content (AvgIpc) is 2.38. The van der Waals surface area contributed by atoms with Gasteiger partial charge in [0.15, 0.2) is 0 Å². The Labute approximate surface area is 68.7 Å². The van der Waals surface area contributed by atoms with Crippen molar-refractivity contribution in [1.82, 2.24) is 4.90 Å². The van der Waals surface area contributed by atoms with E-state index >= 15 is 0 Å². The summed E-state index contributed by atoms with van der Waals surface area (Å²) < 4.78 is 0. The molecule has 0 aliphatic carbocycles. The molecule has 66 valence electrons. The Balaban J connectivity index is 2.12. The molecule has 1 unspecified atom stereocenters. The van der Waals surface area contributed by atoms with Crippen molar-refractivity contribution in [3.63, 3.8) is 0 Å². The van der Waals surface area contributed by atoms with E-state index in [9.17, 15) is 0 Å². The molecule has 0 saturated carbocycles. The van der Waals surface area contributed by atoms with Gasteiger partial charge >= 0.3 is 0 Å². The molecule has 0 bridgehead atoms. The van der Waals surface area contributed by atoms with Crippen LogP contribution in [0.5, 0.6) is 0 Å². The van der Waals surface area contributed by atoms with Crippen LogP contribution >= 0.6 is 0 Å². The first-order valence-corrected chi connectivity index (χ1v) is 4.49. The van der Waals surface area contributed by atoms with Crippen molar-refractivity contribution in [2.45, 2.75) is 12.8 Å². The van der Waals surface area contributed by atoms with E-state index in [1.807, 2.05) is 0 Å². The summed E-state index contributed by atoms with van der Waals surface area (Å²) in [6, 6.07) is 0. The third-order valence-electron chi connectivity index (χ3n) is 2.39. The Bertz CT molecular complexity index is 93.5. The monoisotopic (exact) mass is 157 g/mol. The fourth-order valence-electron chi connectivity index (χ4n) is 1.77. The first-order valence-electron chi connectivity index (χ1n) is 4.49. The Morgan fingerprint density at radius 1 is 1.27 bits per heavy atom. The second kappa shape index (κ2) is 4.70. The average molecular weight is 157 g/mol. The molecule has 1 saturated heterocycles. The third-order valence-corrected chi connectivity index (χ3v) is 2.39. The summed E-state index contributed by atoms with van der Waals surface area (Å²) in [5, 5.41) is 0. The van der Waals surface area contributed by atoms with Crippen molar-refractivity contribution in [1.29, 1.82) is 0 Å². The van der Waals surface area contributed by atoms with Crippen LogP contribution in [0.4, 0.5) is 0 Å². The summed E-state index contributed by atoms with van der Waals surface area (Å²) in [6.07, 6.45) is 2.50. The van der Waals surface area contributed by atoms with Gasteiger partial charge in [-0.15, -0.1) is 0 Å². The lowest BCUT2D eigenvalue weighted by Gasteiger charge is -2.13. The first kappa shape index (κ1) is 8.97. The summed E-state index contributed by atoms with van der Waals surface area (Å²) in [5.74, 6) is 0.839. The number of rotatable bonds is 4. The predicted octanol–water partition coefficient (Wildman–Crippen LogP) is -0.384. The van der Waals surface area contributed by atoms with Gasteiger partial charge in [-0.25, -0.2) is 0 Å². The SMILES string of the molecule is NCCC1CCN(CCN)C1. The molecule has 3 nitrogen and oxygen atoms in total. The van der Waals surface area contributed by atoms with Crippen molar-refractivity contribution < 1.29 is 0 Å². The van der Waals surface area contributed by atoms with Crippen LogP contribution in [0.2, 0.25) is 0 Å². The van der Waals surface area contributed by atoms with Gasteiger partial charge in [0, 0.05) is 19.6 Å². The molecule has 0 aromatic heterocycles. The summed E-state index contributed by atoms with van der Waals surface area (Å²) in [4.78, 5) is 2.43. The van der Waals surface area contributed by atoms with Crippen molar-refractivity contribution in [3.05, 3.63) is 0 Å². The van der Waals surface area contributed by atoms with Crippen LogP contribution in [0.15, 0.2) is 0 Å². The number of likely N-dealkylation sites (tertiary alicyclic amines) is 1. The van der Waals surface area contributed by atoms with Gasteiger partial charge in [-0.05, 0) is 31.8 Å². The number of hydrogen-bond acceptors (Lipinski definition) is 3. The van der Waals surface area contributed by atoms with Crippen LogP contribution in [0, 0.1) is 5.92 Å². The topological polar surface area (TPSA) is 55.3 Å². The molecule has 1 aliphatic rings. The normalized spacial score (nSPS) is 26.2. The second-order valence-electron chi connectivity index (χ2n) is 3.32. The fourth-order valence-corrected chi connectivity index (χ4v) is 1.77.